The van der Waals surface area contributed by atoms with E-state index in [1.807, 2.05) is 0 Å². The van der Waals surface area contributed by atoms with Gasteiger partial charge in [0.25, 0.3) is 0 Å². The second-order valence-electron chi connectivity index (χ2n) is 6.56. The predicted octanol–water partition coefficient (Wildman–Crippen LogP) is 2.66. The van der Waals surface area contributed by atoms with Crippen molar-refractivity contribution in [3.8, 4) is 0 Å². The van der Waals surface area contributed by atoms with Gasteiger partial charge in [-0.15, -0.1) is 0 Å². The Hall–Kier alpha value is -0.570. The zero-order valence-corrected chi connectivity index (χ0v) is 12.9. The second kappa shape index (κ2) is 6.05. The smallest absolute Gasteiger partial charge is 0.226 e. The van der Waals surface area contributed by atoms with Gasteiger partial charge in [0.05, 0.1) is 0 Å². The first-order valence-electron chi connectivity index (χ1n) is 7.37. The van der Waals surface area contributed by atoms with Gasteiger partial charge in [0.1, 0.15) is 0 Å². The van der Waals surface area contributed by atoms with E-state index < -0.39 is 0 Å². The molecule has 1 fully saturated rings. The number of hydrogen-bond donors (Lipinski definition) is 1. The minimum atomic E-state index is 0.0348. The summed E-state index contributed by atoms with van der Waals surface area (Å²) >= 11 is 0. The molecule has 3 nitrogen and oxygen atoms in total. The maximum absolute atomic E-state index is 12.7. The van der Waals surface area contributed by atoms with Crippen LogP contribution in [-0.4, -0.2) is 35.5 Å². The zero-order valence-electron chi connectivity index (χ0n) is 12.9. The summed E-state index contributed by atoms with van der Waals surface area (Å²) in [5.74, 6) is 1.06. The summed E-state index contributed by atoms with van der Waals surface area (Å²) in [7, 11) is 0. The van der Waals surface area contributed by atoms with Crippen LogP contribution < -0.4 is 5.32 Å². The highest BCUT2D eigenvalue weighted by atomic mass is 16.2. The predicted molar refractivity (Wildman–Crippen MR) is 76.5 cm³/mol. The summed E-state index contributed by atoms with van der Waals surface area (Å²) in [6, 6.07) is 0.339. The van der Waals surface area contributed by atoms with E-state index in [1.165, 1.54) is 0 Å². The maximum Gasteiger partial charge on any atom is 0.226 e. The van der Waals surface area contributed by atoms with Gasteiger partial charge >= 0.3 is 0 Å². The Morgan fingerprint density at radius 1 is 1.33 bits per heavy atom. The van der Waals surface area contributed by atoms with Crippen molar-refractivity contribution in [2.24, 2.45) is 11.8 Å². The molecule has 1 aliphatic rings. The van der Waals surface area contributed by atoms with Crippen molar-refractivity contribution in [1.29, 1.82) is 0 Å². The van der Waals surface area contributed by atoms with E-state index >= 15 is 0 Å². The summed E-state index contributed by atoms with van der Waals surface area (Å²) in [6.45, 7) is 14.7. The molecule has 1 N–H and O–H groups in total. The number of nitrogens with one attached hydrogen (secondary N) is 1. The molecular formula is C15H30N2O. The number of carbonyl (C=O) groups is 1. The van der Waals surface area contributed by atoms with Crippen LogP contribution in [0.2, 0.25) is 0 Å². The van der Waals surface area contributed by atoms with E-state index in [4.69, 9.17) is 0 Å². The highest BCUT2D eigenvalue weighted by molar-refractivity contribution is 5.79. The topological polar surface area (TPSA) is 32.3 Å². The van der Waals surface area contributed by atoms with E-state index in [0.29, 0.717) is 17.9 Å². The molecular weight excluding hydrogens is 224 g/mol. The van der Waals surface area contributed by atoms with Crippen LogP contribution in [0.25, 0.3) is 0 Å². The van der Waals surface area contributed by atoms with Gasteiger partial charge in [0.15, 0.2) is 0 Å². The van der Waals surface area contributed by atoms with E-state index in [0.717, 1.165) is 25.9 Å². The van der Waals surface area contributed by atoms with E-state index in [9.17, 15) is 4.79 Å². The minimum absolute atomic E-state index is 0.0348. The fourth-order valence-electron chi connectivity index (χ4n) is 2.80. The second-order valence-corrected chi connectivity index (χ2v) is 6.56. The molecule has 1 aliphatic heterocycles. The molecule has 18 heavy (non-hydrogen) atoms. The van der Waals surface area contributed by atoms with Crippen LogP contribution in [0.5, 0.6) is 0 Å². The van der Waals surface area contributed by atoms with Gasteiger partial charge in [-0.05, 0) is 32.6 Å². The van der Waals surface area contributed by atoms with Crippen molar-refractivity contribution in [3.63, 3.8) is 0 Å². The lowest BCUT2D eigenvalue weighted by atomic mass is 9.90. The Morgan fingerprint density at radius 3 is 2.33 bits per heavy atom. The molecule has 0 bridgehead atoms. The first-order chi connectivity index (χ1) is 8.32. The fourth-order valence-corrected chi connectivity index (χ4v) is 2.80. The van der Waals surface area contributed by atoms with Crippen LogP contribution in [0.1, 0.15) is 54.4 Å². The van der Waals surface area contributed by atoms with Gasteiger partial charge in [-0.3, -0.25) is 4.79 Å². The standard InChI is InChI=1S/C15H30N2O/c1-7-12(8-2)14(18)17-10-15(5,6)16-9-13(17)11(3)4/h11-13,16H,7-10H2,1-6H3. The van der Waals surface area contributed by atoms with Gasteiger partial charge in [0, 0.05) is 30.6 Å². The van der Waals surface area contributed by atoms with Gasteiger partial charge in [-0.25, -0.2) is 0 Å². The Bertz CT molecular complexity index is 282. The molecule has 1 saturated heterocycles. The van der Waals surface area contributed by atoms with E-state index in [1.54, 1.807) is 0 Å². The SMILES string of the molecule is CCC(CC)C(=O)N1CC(C)(C)NCC1C(C)C. The molecule has 1 atom stereocenters. The van der Waals surface area contributed by atoms with Crippen LogP contribution in [0, 0.1) is 11.8 Å². The molecule has 0 aromatic carbocycles. The van der Waals surface area contributed by atoms with Crippen LogP contribution in [-0.2, 0) is 4.79 Å². The van der Waals surface area contributed by atoms with Crippen LogP contribution in [0.4, 0.5) is 0 Å². The first-order valence-corrected chi connectivity index (χ1v) is 7.37. The fraction of sp³-hybridized carbons (Fsp3) is 0.933. The molecule has 3 heteroatoms. The summed E-state index contributed by atoms with van der Waals surface area (Å²) in [5, 5.41) is 3.56. The molecule has 0 aliphatic carbocycles. The molecule has 0 spiro atoms. The Kier molecular flexibility index (Phi) is 5.20. The minimum Gasteiger partial charge on any atom is -0.336 e. The van der Waals surface area contributed by atoms with Crippen LogP contribution in [0.15, 0.2) is 0 Å². The lowest BCUT2D eigenvalue weighted by Gasteiger charge is -2.47. The molecule has 1 rings (SSSR count). The van der Waals surface area contributed by atoms with Crippen molar-refractivity contribution in [1.82, 2.24) is 10.2 Å². The number of amides is 1. The molecule has 1 amide bonds. The quantitative estimate of drug-likeness (QED) is 0.836. The third-order valence-electron chi connectivity index (χ3n) is 4.14. The van der Waals surface area contributed by atoms with Crippen LogP contribution >= 0.6 is 0 Å². The average molecular weight is 254 g/mol. The Balaban J connectivity index is 2.87. The normalized spacial score (nSPS) is 23.8. The van der Waals surface area contributed by atoms with Crippen molar-refractivity contribution >= 4 is 5.91 Å². The Morgan fingerprint density at radius 2 is 1.89 bits per heavy atom. The molecule has 1 unspecified atom stereocenters. The number of carbonyl (C=O) groups excluding carboxylic acids is 1. The number of rotatable bonds is 4. The highest BCUT2D eigenvalue weighted by Crippen LogP contribution is 2.24. The highest BCUT2D eigenvalue weighted by Gasteiger charge is 2.38. The van der Waals surface area contributed by atoms with Crippen molar-refractivity contribution in [2.45, 2.75) is 66.0 Å². The summed E-state index contributed by atoms with van der Waals surface area (Å²) in [6.07, 6.45) is 1.90. The van der Waals surface area contributed by atoms with Crippen molar-refractivity contribution in [2.75, 3.05) is 13.1 Å². The largest absolute Gasteiger partial charge is 0.336 e. The Labute approximate surface area is 112 Å². The number of nitrogens with zero attached hydrogens (tertiary/aromatic N) is 1. The first kappa shape index (κ1) is 15.5. The third-order valence-corrected chi connectivity index (χ3v) is 4.14. The molecule has 0 aromatic heterocycles. The van der Waals surface area contributed by atoms with Gasteiger partial charge < -0.3 is 10.2 Å². The van der Waals surface area contributed by atoms with Gasteiger partial charge in [0.2, 0.25) is 5.91 Å². The van der Waals surface area contributed by atoms with Gasteiger partial charge in [-0.2, -0.15) is 0 Å². The zero-order chi connectivity index (χ0) is 13.9. The average Bonchev–Trinajstić information content (AvgIpc) is 2.28. The van der Waals surface area contributed by atoms with Gasteiger partial charge in [-0.1, -0.05) is 27.7 Å². The summed E-state index contributed by atoms with van der Waals surface area (Å²) < 4.78 is 0. The molecule has 0 aromatic rings. The van der Waals surface area contributed by atoms with Crippen molar-refractivity contribution < 1.29 is 4.79 Å². The maximum atomic E-state index is 12.7. The third kappa shape index (κ3) is 3.47. The molecule has 0 saturated carbocycles. The molecule has 0 radical (unpaired) electrons. The van der Waals surface area contributed by atoms with Crippen LogP contribution in [0.3, 0.4) is 0 Å². The number of hydrogen-bond acceptors (Lipinski definition) is 2. The van der Waals surface area contributed by atoms with E-state index in [2.05, 4.69) is 51.8 Å². The lowest BCUT2D eigenvalue weighted by molar-refractivity contribution is -0.142. The summed E-state index contributed by atoms with van der Waals surface area (Å²) in [4.78, 5) is 14.8. The summed E-state index contributed by atoms with van der Waals surface area (Å²) in [5.41, 5.74) is 0.0348. The number of piperazine rings is 1. The monoisotopic (exact) mass is 254 g/mol. The lowest BCUT2D eigenvalue weighted by Crippen LogP contribution is -2.65. The van der Waals surface area contributed by atoms with E-state index in [-0.39, 0.29) is 11.5 Å². The molecule has 106 valence electrons. The molecule has 1 heterocycles. The van der Waals surface area contributed by atoms with Crippen molar-refractivity contribution in [3.05, 3.63) is 0 Å².